The topological polar surface area (TPSA) is 85.1 Å². The molecule has 0 bridgehead atoms. The zero-order chi connectivity index (χ0) is 10.4. The van der Waals surface area contributed by atoms with Crippen LogP contribution in [0.5, 0.6) is 0 Å². The third-order valence-corrected chi connectivity index (χ3v) is 1.41. The molecule has 0 aliphatic heterocycles. The van der Waals surface area contributed by atoms with Gasteiger partial charge in [-0.2, -0.15) is 0 Å². The zero-order valence-electron chi connectivity index (χ0n) is 7.15. The molecular formula is C9H7N3O2. The number of hydrazine groups is 1. The van der Waals surface area contributed by atoms with E-state index in [2.05, 4.69) is 16.8 Å². The lowest BCUT2D eigenvalue weighted by molar-refractivity contribution is -0.103. The molecule has 14 heavy (non-hydrogen) atoms. The van der Waals surface area contributed by atoms with Crippen molar-refractivity contribution in [2.24, 2.45) is 5.84 Å². The van der Waals surface area contributed by atoms with Gasteiger partial charge in [0.2, 0.25) is 0 Å². The number of rotatable bonds is 1. The highest BCUT2D eigenvalue weighted by Crippen LogP contribution is 2.00. The Morgan fingerprint density at radius 1 is 1.57 bits per heavy atom. The normalized spacial score (nSPS) is 8.36. The zero-order valence-corrected chi connectivity index (χ0v) is 7.15. The molecule has 70 valence electrons. The van der Waals surface area contributed by atoms with Crippen LogP contribution in [0, 0.1) is 11.8 Å². The second kappa shape index (κ2) is 4.74. The lowest BCUT2D eigenvalue weighted by Gasteiger charge is -1.98. The van der Waals surface area contributed by atoms with E-state index in [4.69, 9.17) is 5.84 Å². The van der Waals surface area contributed by atoms with Crippen LogP contribution in [0.3, 0.4) is 0 Å². The Morgan fingerprint density at radius 2 is 2.36 bits per heavy atom. The Kier molecular flexibility index (Phi) is 3.35. The number of hydrogen-bond acceptors (Lipinski definition) is 4. The molecule has 1 amide bonds. The molecule has 1 aromatic heterocycles. The van der Waals surface area contributed by atoms with Gasteiger partial charge in [-0.3, -0.25) is 20.0 Å². The fraction of sp³-hybridized carbons (Fsp3) is 0. The molecule has 0 aromatic carbocycles. The summed E-state index contributed by atoms with van der Waals surface area (Å²) in [5.41, 5.74) is 2.75. The maximum Gasteiger partial charge on any atom is 0.266 e. The molecule has 0 aliphatic carbocycles. The first kappa shape index (κ1) is 9.89. The number of nitrogen functional groups attached to an aromatic ring is 1. The summed E-state index contributed by atoms with van der Waals surface area (Å²) < 4.78 is 0. The van der Waals surface area contributed by atoms with Gasteiger partial charge in [-0.05, 0) is 12.0 Å². The largest absolute Gasteiger partial charge is 0.290 e. The van der Waals surface area contributed by atoms with Crippen LogP contribution in [0.25, 0.3) is 0 Å². The molecule has 3 N–H and O–H groups in total. The standard InChI is InChI=1S/C9H7N3O2/c10-12-9(14)8-4-7(2-1-3-13)5-11-6-8/h3-6H,10H2,(H,12,14). The number of aromatic nitrogens is 1. The van der Waals surface area contributed by atoms with Gasteiger partial charge < -0.3 is 0 Å². The van der Waals surface area contributed by atoms with Gasteiger partial charge in [0.1, 0.15) is 0 Å². The molecular weight excluding hydrogens is 182 g/mol. The number of pyridine rings is 1. The van der Waals surface area contributed by atoms with E-state index in [1.54, 1.807) is 0 Å². The van der Waals surface area contributed by atoms with Crippen molar-refractivity contribution < 1.29 is 9.59 Å². The summed E-state index contributed by atoms with van der Waals surface area (Å²) in [6.45, 7) is 0. The number of nitrogens with one attached hydrogen (secondary N) is 1. The van der Waals surface area contributed by atoms with Crippen molar-refractivity contribution in [1.82, 2.24) is 10.4 Å². The third kappa shape index (κ3) is 2.40. The predicted octanol–water partition coefficient (Wildman–Crippen LogP) is -0.765. The summed E-state index contributed by atoms with van der Waals surface area (Å²) in [7, 11) is 0. The van der Waals surface area contributed by atoms with Gasteiger partial charge in [0.15, 0.2) is 6.29 Å². The van der Waals surface area contributed by atoms with E-state index in [9.17, 15) is 9.59 Å². The van der Waals surface area contributed by atoms with Crippen LogP contribution in [-0.2, 0) is 4.79 Å². The monoisotopic (exact) mass is 189 g/mol. The van der Waals surface area contributed by atoms with Gasteiger partial charge in [0, 0.05) is 18.0 Å². The van der Waals surface area contributed by atoms with E-state index in [0.29, 0.717) is 17.4 Å². The summed E-state index contributed by atoms with van der Waals surface area (Å²) in [6, 6.07) is 1.49. The van der Waals surface area contributed by atoms with Gasteiger partial charge in [-0.1, -0.05) is 5.92 Å². The molecule has 0 spiro atoms. The molecule has 1 heterocycles. The van der Waals surface area contributed by atoms with Crippen LogP contribution in [0.4, 0.5) is 0 Å². The second-order valence-corrected chi connectivity index (χ2v) is 2.32. The average molecular weight is 189 g/mol. The Labute approximate surface area is 80.3 Å². The van der Waals surface area contributed by atoms with E-state index >= 15 is 0 Å². The minimum Gasteiger partial charge on any atom is -0.290 e. The first-order valence-corrected chi connectivity index (χ1v) is 3.69. The van der Waals surface area contributed by atoms with Gasteiger partial charge in [-0.25, -0.2) is 5.84 Å². The average Bonchev–Trinajstić information content (AvgIpc) is 2.25. The van der Waals surface area contributed by atoms with Gasteiger partial charge in [-0.15, -0.1) is 0 Å². The predicted molar refractivity (Wildman–Crippen MR) is 48.8 cm³/mol. The van der Waals surface area contributed by atoms with Crippen molar-refractivity contribution in [3.63, 3.8) is 0 Å². The third-order valence-electron chi connectivity index (χ3n) is 1.41. The van der Waals surface area contributed by atoms with E-state index in [1.165, 1.54) is 18.5 Å². The van der Waals surface area contributed by atoms with Crippen molar-refractivity contribution in [3.8, 4) is 11.8 Å². The Morgan fingerprint density at radius 3 is 3.00 bits per heavy atom. The molecule has 5 nitrogen and oxygen atoms in total. The van der Waals surface area contributed by atoms with Crippen molar-refractivity contribution in [2.75, 3.05) is 0 Å². The molecule has 0 saturated carbocycles. The number of amides is 1. The first-order valence-electron chi connectivity index (χ1n) is 3.69. The van der Waals surface area contributed by atoms with Crippen LogP contribution in [0.15, 0.2) is 18.5 Å². The van der Waals surface area contributed by atoms with Gasteiger partial charge in [0.25, 0.3) is 5.91 Å². The summed E-state index contributed by atoms with van der Waals surface area (Å²) in [5.74, 6) is 9.21. The minimum atomic E-state index is -0.452. The maximum atomic E-state index is 11.0. The van der Waals surface area contributed by atoms with Crippen molar-refractivity contribution >= 4 is 12.2 Å². The van der Waals surface area contributed by atoms with Gasteiger partial charge >= 0.3 is 0 Å². The highest BCUT2D eigenvalue weighted by atomic mass is 16.2. The van der Waals surface area contributed by atoms with Crippen molar-refractivity contribution in [2.45, 2.75) is 0 Å². The molecule has 5 heteroatoms. The number of carbonyl (C=O) groups is 2. The molecule has 0 radical (unpaired) electrons. The smallest absolute Gasteiger partial charge is 0.266 e. The van der Waals surface area contributed by atoms with Gasteiger partial charge in [0.05, 0.1) is 5.56 Å². The van der Waals surface area contributed by atoms with E-state index in [-0.39, 0.29) is 0 Å². The summed E-state index contributed by atoms with van der Waals surface area (Å²) in [4.78, 5) is 24.8. The molecule has 0 fully saturated rings. The first-order chi connectivity index (χ1) is 6.77. The number of carbonyl (C=O) groups excluding carboxylic acids is 2. The summed E-state index contributed by atoms with van der Waals surface area (Å²) >= 11 is 0. The summed E-state index contributed by atoms with van der Waals surface area (Å²) in [5, 5.41) is 0. The van der Waals surface area contributed by atoms with Crippen LogP contribution >= 0.6 is 0 Å². The summed E-state index contributed by atoms with van der Waals surface area (Å²) in [6.07, 6.45) is 3.27. The Bertz CT molecular complexity index is 418. The van der Waals surface area contributed by atoms with E-state index < -0.39 is 5.91 Å². The molecule has 0 aliphatic rings. The van der Waals surface area contributed by atoms with Crippen LogP contribution < -0.4 is 11.3 Å². The van der Waals surface area contributed by atoms with E-state index in [0.717, 1.165) is 0 Å². The molecule has 1 aromatic rings. The fourth-order valence-electron chi connectivity index (χ4n) is 0.829. The highest BCUT2D eigenvalue weighted by Gasteiger charge is 2.03. The molecule has 0 atom stereocenters. The Balaban J connectivity index is 3.00. The number of nitrogens with two attached hydrogens (primary N) is 1. The maximum absolute atomic E-state index is 11.0. The van der Waals surface area contributed by atoms with Crippen LogP contribution in [0.2, 0.25) is 0 Å². The Hall–Kier alpha value is -2.19. The highest BCUT2D eigenvalue weighted by molar-refractivity contribution is 5.93. The van der Waals surface area contributed by atoms with Crippen molar-refractivity contribution in [3.05, 3.63) is 29.6 Å². The second-order valence-electron chi connectivity index (χ2n) is 2.32. The molecule has 0 unspecified atom stereocenters. The lowest BCUT2D eigenvalue weighted by Crippen LogP contribution is -2.30. The number of aldehydes is 1. The number of nitrogens with zero attached hydrogens (tertiary/aromatic N) is 1. The van der Waals surface area contributed by atoms with E-state index in [1.807, 2.05) is 5.43 Å². The van der Waals surface area contributed by atoms with Crippen molar-refractivity contribution in [1.29, 1.82) is 0 Å². The SMILES string of the molecule is NNC(=O)c1cncc(C#CC=O)c1. The molecule has 0 saturated heterocycles. The molecule has 1 rings (SSSR count). The van der Waals surface area contributed by atoms with Crippen LogP contribution in [-0.4, -0.2) is 17.2 Å². The number of hydrogen-bond donors (Lipinski definition) is 2. The quantitative estimate of drug-likeness (QED) is 0.200. The fourth-order valence-corrected chi connectivity index (χ4v) is 0.829. The lowest BCUT2D eigenvalue weighted by atomic mass is 10.2. The minimum absolute atomic E-state index is 0.296. The van der Waals surface area contributed by atoms with Crippen LogP contribution in [0.1, 0.15) is 15.9 Å².